The number of hydrogen-bond acceptors (Lipinski definition) is 4. The maximum atomic E-state index is 12.5. The van der Waals surface area contributed by atoms with Gasteiger partial charge in [-0.3, -0.25) is 9.69 Å². The van der Waals surface area contributed by atoms with E-state index in [-0.39, 0.29) is 11.6 Å². The van der Waals surface area contributed by atoms with Gasteiger partial charge in [0, 0.05) is 18.5 Å². The van der Waals surface area contributed by atoms with Crippen LogP contribution in [0.3, 0.4) is 0 Å². The lowest BCUT2D eigenvalue weighted by Crippen LogP contribution is -2.65. The lowest BCUT2D eigenvalue weighted by molar-refractivity contribution is -0.0347. The monoisotopic (exact) mass is 285 g/mol. The number of aromatic nitrogens is 1. The molecule has 0 aromatic carbocycles. The Kier molecular flexibility index (Phi) is 2.79. The van der Waals surface area contributed by atoms with Gasteiger partial charge in [-0.1, -0.05) is 0 Å². The summed E-state index contributed by atoms with van der Waals surface area (Å²) in [5.41, 5.74) is 0.927. The summed E-state index contributed by atoms with van der Waals surface area (Å²) in [5.74, 6) is 0.637. The molecule has 5 heterocycles. The highest BCUT2D eigenvalue weighted by atomic mass is 16.3. The van der Waals surface area contributed by atoms with Crippen molar-refractivity contribution in [2.45, 2.75) is 31.8 Å². The van der Waals surface area contributed by atoms with Gasteiger partial charge in [0.05, 0.1) is 18.1 Å². The second-order valence-electron chi connectivity index (χ2n) is 6.39. The van der Waals surface area contributed by atoms with Crippen LogP contribution in [0.5, 0.6) is 0 Å². The predicted molar refractivity (Wildman–Crippen MR) is 78.8 cm³/mol. The summed E-state index contributed by atoms with van der Waals surface area (Å²) in [7, 11) is 0. The van der Waals surface area contributed by atoms with Crippen LogP contribution in [0.15, 0.2) is 29.0 Å². The van der Waals surface area contributed by atoms with E-state index in [9.17, 15) is 4.79 Å². The Balaban J connectivity index is 1.57. The zero-order valence-electron chi connectivity index (χ0n) is 12.1. The van der Waals surface area contributed by atoms with Gasteiger partial charge >= 0.3 is 0 Å². The van der Waals surface area contributed by atoms with E-state index < -0.39 is 0 Å². The maximum absolute atomic E-state index is 12.5. The number of carbonyl (C=O) groups excluding carboxylic acids is 1. The summed E-state index contributed by atoms with van der Waals surface area (Å²) >= 11 is 0. The van der Waals surface area contributed by atoms with Crippen LogP contribution in [0.2, 0.25) is 0 Å². The van der Waals surface area contributed by atoms with Gasteiger partial charge in [0.25, 0.3) is 5.91 Å². The van der Waals surface area contributed by atoms with Gasteiger partial charge in [-0.15, -0.1) is 0 Å². The Morgan fingerprint density at radius 2 is 2.29 bits per heavy atom. The first-order valence-electron chi connectivity index (χ1n) is 7.55. The van der Waals surface area contributed by atoms with Gasteiger partial charge in [0.2, 0.25) is 0 Å². The highest BCUT2D eigenvalue weighted by Gasteiger charge is 2.43. The first-order valence-corrected chi connectivity index (χ1v) is 7.55. The maximum Gasteiger partial charge on any atom is 0.271 e. The zero-order valence-corrected chi connectivity index (χ0v) is 12.1. The summed E-state index contributed by atoms with van der Waals surface area (Å²) in [4.78, 5) is 19.1. The van der Waals surface area contributed by atoms with E-state index in [0.717, 1.165) is 30.8 Å². The SMILES string of the molecule is C[C@@]1(NC(=O)c2cc3ccoc3cn2)CC2CCN1CC2. The van der Waals surface area contributed by atoms with Crippen LogP contribution in [-0.4, -0.2) is 34.5 Å². The summed E-state index contributed by atoms with van der Waals surface area (Å²) < 4.78 is 5.26. The lowest BCUT2D eigenvalue weighted by atomic mass is 9.80. The van der Waals surface area contributed by atoms with Crippen LogP contribution in [-0.2, 0) is 0 Å². The third-order valence-corrected chi connectivity index (χ3v) is 4.95. The molecule has 0 saturated carbocycles. The van der Waals surface area contributed by atoms with Gasteiger partial charge in [0.15, 0.2) is 5.58 Å². The van der Waals surface area contributed by atoms with Gasteiger partial charge in [-0.25, -0.2) is 4.98 Å². The fraction of sp³-hybridized carbons (Fsp3) is 0.500. The third kappa shape index (κ3) is 2.12. The fourth-order valence-electron chi connectivity index (χ4n) is 3.75. The van der Waals surface area contributed by atoms with Gasteiger partial charge in [0.1, 0.15) is 5.69 Å². The molecule has 5 nitrogen and oxygen atoms in total. The zero-order chi connectivity index (χ0) is 14.4. The Morgan fingerprint density at radius 1 is 1.48 bits per heavy atom. The summed E-state index contributed by atoms with van der Waals surface area (Å²) in [6, 6.07) is 3.63. The quantitative estimate of drug-likeness (QED) is 0.920. The molecule has 3 saturated heterocycles. The molecule has 0 unspecified atom stereocenters. The normalized spacial score (nSPS) is 31.5. The average Bonchev–Trinajstić information content (AvgIpc) is 2.95. The highest BCUT2D eigenvalue weighted by Crippen LogP contribution is 2.37. The minimum absolute atomic E-state index is 0.104. The molecule has 1 atom stereocenters. The molecule has 2 bridgehead atoms. The molecule has 1 amide bonds. The molecule has 110 valence electrons. The minimum Gasteiger partial charge on any atom is -0.463 e. The molecule has 3 aliphatic rings. The summed E-state index contributed by atoms with van der Waals surface area (Å²) in [6.45, 7) is 4.29. The van der Waals surface area contributed by atoms with Crippen LogP contribution in [0.4, 0.5) is 0 Å². The van der Waals surface area contributed by atoms with Crippen molar-refractivity contribution in [3.8, 4) is 0 Å². The van der Waals surface area contributed by atoms with Crippen molar-refractivity contribution >= 4 is 16.9 Å². The molecular formula is C16H19N3O2. The molecule has 3 fully saturated rings. The smallest absolute Gasteiger partial charge is 0.271 e. The Bertz CT molecular complexity index is 688. The number of carbonyl (C=O) groups is 1. The van der Waals surface area contributed by atoms with Gasteiger partial charge < -0.3 is 9.73 Å². The standard InChI is InChI=1S/C16H19N3O2/c1-16(9-11-2-5-19(16)6-3-11)18-15(20)13-8-12-4-7-21-14(12)10-17-13/h4,7-8,10-11H,2-3,5-6,9H2,1H3,(H,18,20)/t16-/m0/s1. The third-order valence-electron chi connectivity index (χ3n) is 4.95. The number of piperidine rings is 3. The largest absolute Gasteiger partial charge is 0.463 e. The average molecular weight is 285 g/mol. The molecule has 2 aromatic rings. The lowest BCUT2D eigenvalue weighted by Gasteiger charge is -2.52. The van der Waals surface area contributed by atoms with Crippen molar-refractivity contribution in [3.63, 3.8) is 0 Å². The van der Waals surface area contributed by atoms with E-state index in [1.807, 2.05) is 6.07 Å². The first-order chi connectivity index (χ1) is 10.1. The van der Waals surface area contributed by atoms with E-state index in [0.29, 0.717) is 11.3 Å². The summed E-state index contributed by atoms with van der Waals surface area (Å²) in [6.07, 6.45) is 6.77. The van der Waals surface area contributed by atoms with Crippen LogP contribution in [0, 0.1) is 5.92 Å². The topological polar surface area (TPSA) is 58.4 Å². The van der Waals surface area contributed by atoms with Crippen LogP contribution in [0.1, 0.15) is 36.7 Å². The minimum atomic E-state index is -0.231. The van der Waals surface area contributed by atoms with E-state index in [2.05, 4.69) is 22.1 Å². The van der Waals surface area contributed by atoms with Gasteiger partial charge in [-0.2, -0.15) is 0 Å². The first kappa shape index (κ1) is 12.8. The van der Waals surface area contributed by atoms with Crippen LogP contribution < -0.4 is 5.32 Å². The number of nitrogens with zero attached hydrogens (tertiary/aromatic N) is 2. The molecule has 1 N–H and O–H groups in total. The molecule has 0 radical (unpaired) electrons. The van der Waals surface area contributed by atoms with E-state index >= 15 is 0 Å². The van der Waals surface area contributed by atoms with E-state index in [4.69, 9.17) is 4.42 Å². The highest BCUT2D eigenvalue weighted by molar-refractivity contribution is 5.95. The van der Waals surface area contributed by atoms with E-state index in [1.165, 1.54) is 12.8 Å². The van der Waals surface area contributed by atoms with Crippen LogP contribution >= 0.6 is 0 Å². The van der Waals surface area contributed by atoms with Crippen molar-refractivity contribution in [3.05, 3.63) is 30.3 Å². The Morgan fingerprint density at radius 3 is 3.00 bits per heavy atom. The Hall–Kier alpha value is -1.88. The number of pyridine rings is 1. The fourth-order valence-corrected chi connectivity index (χ4v) is 3.75. The van der Waals surface area contributed by atoms with Crippen molar-refractivity contribution in [1.29, 1.82) is 0 Å². The van der Waals surface area contributed by atoms with Crippen molar-refractivity contribution in [1.82, 2.24) is 15.2 Å². The van der Waals surface area contributed by atoms with Gasteiger partial charge in [-0.05, 0) is 44.2 Å². The second kappa shape index (κ2) is 4.56. The number of rotatable bonds is 2. The van der Waals surface area contributed by atoms with Crippen molar-refractivity contribution in [2.24, 2.45) is 5.92 Å². The Labute approximate surface area is 123 Å². The number of nitrogens with one attached hydrogen (secondary N) is 1. The number of furan rings is 1. The van der Waals surface area contributed by atoms with E-state index in [1.54, 1.807) is 18.5 Å². The number of amides is 1. The molecule has 21 heavy (non-hydrogen) atoms. The second-order valence-corrected chi connectivity index (χ2v) is 6.39. The molecule has 0 aliphatic carbocycles. The van der Waals surface area contributed by atoms with Crippen molar-refractivity contribution < 1.29 is 9.21 Å². The van der Waals surface area contributed by atoms with Crippen molar-refractivity contribution in [2.75, 3.05) is 13.1 Å². The number of hydrogen-bond donors (Lipinski definition) is 1. The number of fused-ring (bicyclic) bond motifs is 4. The predicted octanol–water partition coefficient (Wildman–Crippen LogP) is 2.39. The molecule has 5 rings (SSSR count). The molecule has 0 spiro atoms. The molecule has 5 heteroatoms. The molecule has 3 aliphatic heterocycles. The molecule has 2 aromatic heterocycles. The van der Waals surface area contributed by atoms with Crippen LogP contribution in [0.25, 0.3) is 11.0 Å². The summed E-state index contributed by atoms with van der Waals surface area (Å²) in [5, 5.41) is 4.10. The molecular weight excluding hydrogens is 266 g/mol.